The minimum Gasteiger partial charge on any atom is -0.497 e. The van der Waals surface area contributed by atoms with E-state index in [0.717, 1.165) is 5.69 Å². The van der Waals surface area contributed by atoms with Crippen LogP contribution in [-0.4, -0.2) is 39.6 Å². The van der Waals surface area contributed by atoms with Crippen LogP contribution in [0.4, 0.5) is 17.2 Å². The monoisotopic (exact) mass is 374 g/mol. The van der Waals surface area contributed by atoms with Gasteiger partial charge in [0.15, 0.2) is 5.65 Å². The van der Waals surface area contributed by atoms with Crippen molar-refractivity contribution in [1.29, 1.82) is 0 Å². The molecule has 0 saturated heterocycles. The fourth-order valence-corrected chi connectivity index (χ4v) is 2.79. The summed E-state index contributed by atoms with van der Waals surface area (Å²) in [6.07, 6.45) is 6.74. The highest BCUT2D eigenvalue weighted by molar-refractivity contribution is 6.08. The van der Waals surface area contributed by atoms with Crippen LogP contribution in [0.25, 0.3) is 5.65 Å². The Morgan fingerprint density at radius 3 is 2.86 bits per heavy atom. The minimum atomic E-state index is -0.295. The number of carbonyl (C=O) groups is 1. The second kappa shape index (κ2) is 7.36. The third-order valence-electron chi connectivity index (χ3n) is 4.30. The molecule has 0 aliphatic carbocycles. The molecule has 0 fully saturated rings. The predicted molar refractivity (Wildman–Crippen MR) is 106 cm³/mol. The summed E-state index contributed by atoms with van der Waals surface area (Å²) in [4.78, 5) is 23.4. The van der Waals surface area contributed by atoms with Crippen LogP contribution in [0.2, 0.25) is 0 Å². The van der Waals surface area contributed by atoms with Crippen molar-refractivity contribution in [1.82, 2.24) is 19.6 Å². The average molecular weight is 374 g/mol. The molecule has 3 heterocycles. The highest BCUT2D eigenvalue weighted by Gasteiger charge is 2.16. The second-order valence-electron chi connectivity index (χ2n) is 6.07. The highest BCUT2D eigenvalue weighted by atomic mass is 16.5. The molecule has 0 bridgehead atoms. The maximum absolute atomic E-state index is 12.8. The zero-order valence-electron chi connectivity index (χ0n) is 15.4. The van der Waals surface area contributed by atoms with Crippen molar-refractivity contribution >= 4 is 28.7 Å². The van der Waals surface area contributed by atoms with Gasteiger partial charge in [-0.05, 0) is 30.3 Å². The molecule has 1 amide bonds. The Labute approximate surface area is 161 Å². The first kappa shape index (κ1) is 17.5. The van der Waals surface area contributed by atoms with Crippen molar-refractivity contribution in [3.8, 4) is 5.75 Å². The van der Waals surface area contributed by atoms with Gasteiger partial charge in [-0.15, -0.1) is 0 Å². The minimum absolute atomic E-state index is 0.295. The normalized spacial score (nSPS) is 10.6. The van der Waals surface area contributed by atoms with Crippen LogP contribution in [0, 0.1) is 0 Å². The Morgan fingerprint density at radius 2 is 2.07 bits per heavy atom. The van der Waals surface area contributed by atoms with Gasteiger partial charge in [0.2, 0.25) is 0 Å². The van der Waals surface area contributed by atoms with Gasteiger partial charge in [-0.2, -0.15) is 5.10 Å². The molecule has 0 saturated carbocycles. The molecular weight excluding hydrogens is 356 g/mol. The number of rotatable bonds is 5. The lowest BCUT2D eigenvalue weighted by atomic mass is 10.2. The van der Waals surface area contributed by atoms with E-state index in [4.69, 9.17) is 4.74 Å². The number of carbonyl (C=O) groups excluding carboxylic acids is 1. The van der Waals surface area contributed by atoms with Crippen LogP contribution in [0.1, 0.15) is 10.4 Å². The first-order valence-corrected chi connectivity index (χ1v) is 8.59. The van der Waals surface area contributed by atoms with Crippen LogP contribution < -0.4 is 15.0 Å². The summed E-state index contributed by atoms with van der Waals surface area (Å²) >= 11 is 0. The number of anilines is 3. The third kappa shape index (κ3) is 3.35. The molecule has 28 heavy (non-hydrogen) atoms. The standard InChI is InChI=1S/C20H18N6O2/c1-25(15-6-4-9-21-12-15)18-8-10-26-19(24-18)17(13-22-26)20(27)23-14-5-3-7-16(11-14)28-2/h3-13H,1-2H3,(H,23,27). The van der Waals surface area contributed by atoms with E-state index >= 15 is 0 Å². The van der Waals surface area contributed by atoms with Crippen LogP contribution >= 0.6 is 0 Å². The smallest absolute Gasteiger partial charge is 0.261 e. The van der Waals surface area contributed by atoms with Gasteiger partial charge in [0.1, 0.15) is 17.1 Å². The molecular formula is C20H18N6O2. The maximum Gasteiger partial charge on any atom is 0.261 e. The average Bonchev–Trinajstić information content (AvgIpc) is 3.17. The van der Waals surface area contributed by atoms with Crippen molar-refractivity contribution in [2.24, 2.45) is 0 Å². The van der Waals surface area contributed by atoms with E-state index in [1.165, 1.54) is 6.20 Å². The number of methoxy groups -OCH3 is 1. The van der Waals surface area contributed by atoms with E-state index in [2.05, 4.69) is 20.4 Å². The molecule has 0 aliphatic heterocycles. The molecule has 3 aromatic heterocycles. The van der Waals surface area contributed by atoms with Crippen molar-refractivity contribution in [3.05, 3.63) is 72.8 Å². The summed E-state index contributed by atoms with van der Waals surface area (Å²) in [5, 5.41) is 7.08. The summed E-state index contributed by atoms with van der Waals surface area (Å²) in [5.74, 6) is 1.05. The largest absolute Gasteiger partial charge is 0.497 e. The summed E-state index contributed by atoms with van der Waals surface area (Å²) in [5.41, 5.74) is 2.37. The molecule has 0 unspecified atom stereocenters. The van der Waals surface area contributed by atoms with Crippen LogP contribution in [0.3, 0.4) is 0 Å². The van der Waals surface area contributed by atoms with Crippen molar-refractivity contribution in [2.45, 2.75) is 0 Å². The number of nitrogens with zero attached hydrogens (tertiary/aromatic N) is 5. The molecule has 0 aliphatic rings. The van der Waals surface area contributed by atoms with Crippen molar-refractivity contribution < 1.29 is 9.53 Å². The summed E-state index contributed by atoms with van der Waals surface area (Å²) < 4.78 is 6.76. The Kier molecular flexibility index (Phi) is 4.59. The first-order chi connectivity index (χ1) is 13.7. The molecule has 1 N–H and O–H groups in total. The Hall–Kier alpha value is -3.94. The van der Waals surface area contributed by atoms with E-state index in [-0.39, 0.29) is 5.91 Å². The number of ether oxygens (including phenoxy) is 1. The van der Waals surface area contributed by atoms with Crippen molar-refractivity contribution in [2.75, 3.05) is 24.4 Å². The Balaban J connectivity index is 1.65. The van der Waals surface area contributed by atoms with E-state index in [9.17, 15) is 4.79 Å². The zero-order chi connectivity index (χ0) is 19.5. The van der Waals surface area contributed by atoms with E-state index < -0.39 is 0 Å². The topological polar surface area (TPSA) is 84.6 Å². The third-order valence-corrected chi connectivity index (χ3v) is 4.30. The molecule has 0 atom stereocenters. The summed E-state index contributed by atoms with van der Waals surface area (Å²) in [6.45, 7) is 0. The van der Waals surface area contributed by atoms with Gasteiger partial charge in [0.05, 0.1) is 25.2 Å². The molecule has 8 nitrogen and oxygen atoms in total. The van der Waals surface area contributed by atoms with Gasteiger partial charge in [0.25, 0.3) is 5.91 Å². The van der Waals surface area contributed by atoms with E-state index in [1.807, 2.05) is 42.3 Å². The molecule has 0 radical (unpaired) electrons. The molecule has 0 spiro atoms. The number of aromatic nitrogens is 4. The summed E-state index contributed by atoms with van der Waals surface area (Å²) in [6, 6.07) is 12.8. The second-order valence-corrected chi connectivity index (χ2v) is 6.07. The predicted octanol–water partition coefficient (Wildman–Crippen LogP) is 3.15. The Morgan fingerprint density at radius 1 is 1.18 bits per heavy atom. The number of hydrogen-bond donors (Lipinski definition) is 1. The lowest BCUT2D eigenvalue weighted by molar-refractivity contribution is 0.102. The van der Waals surface area contributed by atoms with Gasteiger partial charge in [-0.3, -0.25) is 9.78 Å². The van der Waals surface area contributed by atoms with E-state index in [1.54, 1.807) is 42.3 Å². The fraction of sp³-hybridized carbons (Fsp3) is 0.100. The van der Waals surface area contributed by atoms with Crippen LogP contribution in [0.5, 0.6) is 5.75 Å². The maximum atomic E-state index is 12.8. The fourth-order valence-electron chi connectivity index (χ4n) is 2.79. The van der Waals surface area contributed by atoms with E-state index in [0.29, 0.717) is 28.5 Å². The molecule has 4 rings (SSSR count). The number of amides is 1. The molecule has 8 heteroatoms. The van der Waals surface area contributed by atoms with Gasteiger partial charge < -0.3 is 15.0 Å². The van der Waals surface area contributed by atoms with Gasteiger partial charge >= 0.3 is 0 Å². The molecule has 1 aromatic carbocycles. The van der Waals surface area contributed by atoms with Gasteiger partial charge in [-0.1, -0.05) is 6.07 Å². The van der Waals surface area contributed by atoms with Gasteiger partial charge in [0, 0.05) is 31.2 Å². The molecule has 4 aromatic rings. The number of benzene rings is 1. The number of fused-ring (bicyclic) bond motifs is 1. The van der Waals surface area contributed by atoms with Crippen LogP contribution in [-0.2, 0) is 0 Å². The number of hydrogen-bond acceptors (Lipinski definition) is 6. The SMILES string of the molecule is COc1cccc(NC(=O)c2cnn3ccc(N(C)c4cccnc4)nc23)c1. The van der Waals surface area contributed by atoms with Crippen molar-refractivity contribution in [3.63, 3.8) is 0 Å². The van der Waals surface area contributed by atoms with Crippen LogP contribution in [0.15, 0.2) is 67.3 Å². The summed E-state index contributed by atoms with van der Waals surface area (Å²) in [7, 11) is 3.47. The number of pyridine rings is 1. The lowest BCUT2D eigenvalue weighted by Crippen LogP contribution is -2.14. The van der Waals surface area contributed by atoms with Gasteiger partial charge in [-0.25, -0.2) is 9.50 Å². The first-order valence-electron chi connectivity index (χ1n) is 8.59. The number of nitrogens with one attached hydrogen (secondary N) is 1. The quantitative estimate of drug-likeness (QED) is 0.578. The highest BCUT2D eigenvalue weighted by Crippen LogP contribution is 2.22. The zero-order valence-corrected chi connectivity index (χ0v) is 15.4. The Bertz CT molecular complexity index is 1130. The lowest BCUT2D eigenvalue weighted by Gasteiger charge is -2.17. The molecule has 140 valence electrons.